The van der Waals surface area contributed by atoms with Gasteiger partial charge in [-0.2, -0.15) is 0 Å². The molecule has 2 aliphatic rings. The van der Waals surface area contributed by atoms with Crippen molar-refractivity contribution in [1.29, 1.82) is 0 Å². The summed E-state index contributed by atoms with van der Waals surface area (Å²) < 4.78 is 0.873. The van der Waals surface area contributed by atoms with Crippen LogP contribution in [0.15, 0.2) is 28.7 Å². The molecule has 0 radical (unpaired) electrons. The van der Waals surface area contributed by atoms with Crippen LogP contribution in [0.3, 0.4) is 0 Å². The van der Waals surface area contributed by atoms with Crippen molar-refractivity contribution in [2.45, 2.75) is 32.2 Å². The molecule has 25 heavy (non-hydrogen) atoms. The van der Waals surface area contributed by atoms with E-state index in [9.17, 15) is 9.59 Å². The van der Waals surface area contributed by atoms with E-state index in [1.54, 1.807) is 4.90 Å². The zero-order valence-corrected chi connectivity index (χ0v) is 16.8. The van der Waals surface area contributed by atoms with Crippen molar-refractivity contribution in [2.75, 3.05) is 24.5 Å². The van der Waals surface area contributed by atoms with Crippen LogP contribution in [0.25, 0.3) is 0 Å². The van der Waals surface area contributed by atoms with Crippen molar-refractivity contribution in [3.63, 3.8) is 0 Å². The van der Waals surface area contributed by atoms with Gasteiger partial charge in [0.15, 0.2) is 0 Å². The van der Waals surface area contributed by atoms with Gasteiger partial charge < -0.3 is 15.5 Å². The fourth-order valence-corrected chi connectivity index (χ4v) is 4.27. The van der Waals surface area contributed by atoms with Crippen LogP contribution in [0.5, 0.6) is 0 Å². The molecular formula is C18H25BrClN3O2. The lowest BCUT2D eigenvalue weighted by Gasteiger charge is -2.39. The molecule has 0 saturated carbocycles. The van der Waals surface area contributed by atoms with Crippen molar-refractivity contribution in [1.82, 2.24) is 4.90 Å². The molecule has 0 aromatic heterocycles. The first-order valence-corrected chi connectivity index (χ1v) is 9.36. The number of amides is 2. The molecular weight excluding hydrogens is 406 g/mol. The first-order valence-electron chi connectivity index (χ1n) is 8.56. The molecule has 3 unspecified atom stereocenters. The van der Waals surface area contributed by atoms with Crippen LogP contribution in [0, 0.1) is 11.8 Å². The van der Waals surface area contributed by atoms with Gasteiger partial charge in [0.05, 0.1) is 11.6 Å². The summed E-state index contributed by atoms with van der Waals surface area (Å²) in [5.41, 5.74) is 6.71. The van der Waals surface area contributed by atoms with E-state index >= 15 is 0 Å². The number of benzene rings is 1. The SMILES string of the molecule is CC1CCN(C(=O)C2CC(=O)N(c3ccccc3Br)C2)C(CN)C1.Cl. The second-order valence-corrected chi connectivity index (χ2v) is 7.76. The Balaban J connectivity index is 0.00000225. The van der Waals surface area contributed by atoms with Crippen LogP contribution in [0.4, 0.5) is 5.69 Å². The molecule has 1 aromatic rings. The van der Waals surface area contributed by atoms with Crippen LogP contribution < -0.4 is 10.6 Å². The summed E-state index contributed by atoms with van der Waals surface area (Å²) in [4.78, 5) is 29.0. The normalized spacial score (nSPS) is 26.5. The summed E-state index contributed by atoms with van der Waals surface area (Å²) in [5.74, 6) is 0.423. The maximum atomic E-state index is 13.0. The predicted molar refractivity (Wildman–Crippen MR) is 105 cm³/mol. The molecule has 2 amide bonds. The monoisotopic (exact) mass is 429 g/mol. The average molecular weight is 431 g/mol. The van der Waals surface area contributed by atoms with Gasteiger partial charge >= 0.3 is 0 Å². The molecule has 0 spiro atoms. The minimum absolute atomic E-state index is 0. The zero-order chi connectivity index (χ0) is 17.3. The van der Waals surface area contributed by atoms with Crippen LogP contribution in [0.1, 0.15) is 26.2 Å². The van der Waals surface area contributed by atoms with Crippen molar-refractivity contribution in [3.8, 4) is 0 Å². The quantitative estimate of drug-likeness (QED) is 0.802. The summed E-state index contributed by atoms with van der Waals surface area (Å²) in [6.45, 7) is 3.90. The minimum Gasteiger partial charge on any atom is -0.338 e. The third-order valence-corrected chi connectivity index (χ3v) is 5.82. The van der Waals surface area contributed by atoms with E-state index in [1.165, 1.54) is 0 Å². The van der Waals surface area contributed by atoms with E-state index in [0.717, 1.165) is 29.5 Å². The number of para-hydroxylation sites is 1. The second kappa shape index (κ2) is 8.52. The Labute approximate surface area is 163 Å². The lowest BCUT2D eigenvalue weighted by molar-refractivity contribution is -0.139. The number of likely N-dealkylation sites (tertiary alicyclic amines) is 1. The maximum absolute atomic E-state index is 13.0. The van der Waals surface area contributed by atoms with Crippen LogP contribution in [-0.4, -0.2) is 42.4 Å². The van der Waals surface area contributed by atoms with Crippen molar-refractivity contribution >= 4 is 45.8 Å². The Morgan fingerprint density at radius 1 is 1.36 bits per heavy atom. The van der Waals surface area contributed by atoms with E-state index < -0.39 is 0 Å². The van der Waals surface area contributed by atoms with Crippen LogP contribution in [0.2, 0.25) is 0 Å². The average Bonchev–Trinajstić information content (AvgIpc) is 2.96. The zero-order valence-electron chi connectivity index (χ0n) is 14.4. The molecule has 5 nitrogen and oxygen atoms in total. The Morgan fingerprint density at radius 2 is 2.08 bits per heavy atom. The third kappa shape index (κ3) is 4.18. The van der Waals surface area contributed by atoms with Gasteiger partial charge in [-0.05, 0) is 46.8 Å². The van der Waals surface area contributed by atoms with Crippen molar-refractivity contribution in [2.24, 2.45) is 17.6 Å². The van der Waals surface area contributed by atoms with E-state index in [4.69, 9.17) is 5.73 Å². The first kappa shape index (κ1) is 20.2. The van der Waals surface area contributed by atoms with E-state index in [1.807, 2.05) is 29.2 Å². The Bertz CT molecular complexity index is 643. The number of nitrogens with two attached hydrogens (primary N) is 1. The fraction of sp³-hybridized carbons (Fsp3) is 0.556. The van der Waals surface area contributed by atoms with Crippen LogP contribution >= 0.6 is 28.3 Å². The summed E-state index contributed by atoms with van der Waals surface area (Å²) in [5, 5.41) is 0. The predicted octanol–water partition coefficient (Wildman–Crippen LogP) is 2.81. The molecule has 2 aliphatic heterocycles. The second-order valence-electron chi connectivity index (χ2n) is 6.91. The molecule has 2 saturated heterocycles. The van der Waals surface area contributed by atoms with Crippen molar-refractivity contribution in [3.05, 3.63) is 28.7 Å². The summed E-state index contributed by atoms with van der Waals surface area (Å²) in [7, 11) is 0. The topological polar surface area (TPSA) is 66.6 Å². The highest BCUT2D eigenvalue weighted by atomic mass is 79.9. The Morgan fingerprint density at radius 3 is 2.76 bits per heavy atom. The van der Waals surface area contributed by atoms with Gasteiger partial charge in [0, 0.05) is 36.6 Å². The standard InChI is InChI=1S/C18H24BrN3O2.ClH/c1-12-6-7-21(14(8-12)10-20)18(24)13-9-17(23)22(11-13)16-5-3-2-4-15(16)19;/h2-5,12-14H,6-11,20H2,1H3;1H. The molecule has 2 fully saturated rings. The van der Waals surface area contributed by atoms with Gasteiger partial charge in [-0.25, -0.2) is 0 Å². The molecule has 2 N–H and O–H groups in total. The van der Waals surface area contributed by atoms with Gasteiger partial charge in [-0.3, -0.25) is 9.59 Å². The summed E-state index contributed by atoms with van der Waals surface area (Å²) >= 11 is 3.49. The summed E-state index contributed by atoms with van der Waals surface area (Å²) in [6, 6.07) is 7.74. The Kier molecular flexibility index (Phi) is 6.88. The molecule has 2 heterocycles. The number of carbonyl (C=O) groups is 2. The number of carbonyl (C=O) groups excluding carboxylic acids is 2. The van der Waals surface area contributed by atoms with E-state index in [-0.39, 0.29) is 42.6 Å². The number of hydrogen-bond donors (Lipinski definition) is 1. The number of piperidine rings is 1. The van der Waals surface area contributed by atoms with Crippen molar-refractivity contribution < 1.29 is 9.59 Å². The number of rotatable bonds is 3. The molecule has 138 valence electrons. The molecule has 3 rings (SSSR count). The smallest absolute Gasteiger partial charge is 0.228 e. The number of nitrogens with zero attached hydrogens (tertiary/aromatic N) is 2. The third-order valence-electron chi connectivity index (χ3n) is 5.15. The molecule has 0 aliphatic carbocycles. The highest BCUT2D eigenvalue weighted by Gasteiger charge is 2.40. The van der Waals surface area contributed by atoms with E-state index in [0.29, 0.717) is 19.0 Å². The fourth-order valence-electron chi connectivity index (χ4n) is 3.78. The lowest BCUT2D eigenvalue weighted by atomic mass is 9.91. The highest BCUT2D eigenvalue weighted by Crippen LogP contribution is 2.33. The number of anilines is 1. The van der Waals surface area contributed by atoms with Gasteiger partial charge in [-0.1, -0.05) is 19.1 Å². The first-order chi connectivity index (χ1) is 11.5. The summed E-state index contributed by atoms with van der Waals surface area (Å²) in [6.07, 6.45) is 2.25. The molecule has 7 heteroatoms. The van der Waals surface area contributed by atoms with Gasteiger partial charge in [-0.15, -0.1) is 12.4 Å². The van der Waals surface area contributed by atoms with Crippen LogP contribution in [-0.2, 0) is 9.59 Å². The van der Waals surface area contributed by atoms with Gasteiger partial charge in [0.1, 0.15) is 0 Å². The lowest BCUT2D eigenvalue weighted by Crippen LogP contribution is -2.51. The molecule has 3 atom stereocenters. The molecule has 0 bridgehead atoms. The highest BCUT2D eigenvalue weighted by molar-refractivity contribution is 9.10. The number of halogens is 2. The number of hydrogen-bond acceptors (Lipinski definition) is 3. The van der Waals surface area contributed by atoms with Gasteiger partial charge in [0.25, 0.3) is 0 Å². The minimum atomic E-state index is -0.271. The maximum Gasteiger partial charge on any atom is 0.228 e. The largest absolute Gasteiger partial charge is 0.338 e. The Hall–Kier alpha value is -1.11. The van der Waals surface area contributed by atoms with Gasteiger partial charge in [0.2, 0.25) is 11.8 Å². The van der Waals surface area contributed by atoms with E-state index in [2.05, 4.69) is 22.9 Å². The molecule has 1 aromatic carbocycles.